The van der Waals surface area contributed by atoms with Gasteiger partial charge in [-0.1, -0.05) is 6.07 Å². The number of nitrogen functional groups attached to an aromatic ring is 1. The Labute approximate surface area is 117 Å². The third-order valence-electron chi connectivity index (χ3n) is 3.59. The number of benzene rings is 1. The first kappa shape index (κ1) is 12.7. The lowest BCUT2D eigenvalue weighted by Crippen LogP contribution is -2.38. The molecule has 20 heavy (non-hydrogen) atoms. The molecule has 0 unspecified atom stereocenters. The molecule has 1 aliphatic heterocycles. The van der Waals surface area contributed by atoms with Crippen molar-refractivity contribution < 1.29 is 4.79 Å². The molecule has 1 amide bonds. The fraction of sp³-hybridized carbons (Fsp3) is 0.286. The van der Waals surface area contributed by atoms with Gasteiger partial charge in [0.15, 0.2) is 0 Å². The van der Waals surface area contributed by atoms with Crippen molar-refractivity contribution in [2.45, 2.75) is 20.0 Å². The molecule has 104 valence electrons. The number of nitrogens with zero attached hydrogens (tertiary/aromatic N) is 3. The number of hydrazine groups is 1. The number of rotatable bonds is 2. The average molecular weight is 271 g/mol. The zero-order valence-electron chi connectivity index (χ0n) is 11.3. The number of nitrogens with one attached hydrogen (secondary N) is 1. The number of hydrogen-bond acceptors (Lipinski definition) is 4. The van der Waals surface area contributed by atoms with Crippen LogP contribution in [0.15, 0.2) is 30.6 Å². The van der Waals surface area contributed by atoms with Crippen LogP contribution in [0.3, 0.4) is 0 Å². The molecule has 3 rings (SSSR count). The van der Waals surface area contributed by atoms with Crippen LogP contribution in [0.5, 0.6) is 0 Å². The van der Waals surface area contributed by atoms with Crippen molar-refractivity contribution in [2.24, 2.45) is 5.84 Å². The summed E-state index contributed by atoms with van der Waals surface area (Å²) in [7, 11) is 0. The minimum absolute atomic E-state index is 0.0211. The number of anilines is 1. The molecule has 6 heteroatoms. The molecule has 1 aromatic carbocycles. The maximum atomic E-state index is 12.6. The highest BCUT2D eigenvalue weighted by Crippen LogP contribution is 2.21. The predicted molar refractivity (Wildman–Crippen MR) is 76.0 cm³/mol. The first-order valence-electron chi connectivity index (χ1n) is 6.55. The van der Waals surface area contributed by atoms with E-state index in [4.69, 9.17) is 5.84 Å². The van der Waals surface area contributed by atoms with E-state index in [1.807, 2.05) is 31.3 Å². The number of carbonyl (C=O) groups is 1. The third kappa shape index (κ3) is 2.14. The van der Waals surface area contributed by atoms with Crippen LogP contribution in [0.1, 0.15) is 21.7 Å². The van der Waals surface area contributed by atoms with E-state index in [-0.39, 0.29) is 5.91 Å². The second-order valence-electron chi connectivity index (χ2n) is 4.96. The van der Waals surface area contributed by atoms with Gasteiger partial charge in [0.1, 0.15) is 5.82 Å². The van der Waals surface area contributed by atoms with Crippen molar-refractivity contribution in [1.82, 2.24) is 14.5 Å². The number of imidazole rings is 1. The quantitative estimate of drug-likeness (QED) is 0.634. The fourth-order valence-electron chi connectivity index (χ4n) is 2.48. The summed E-state index contributed by atoms with van der Waals surface area (Å²) in [6, 6.07) is 5.60. The zero-order valence-corrected chi connectivity index (χ0v) is 11.3. The molecule has 1 aliphatic rings. The zero-order chi connectivity index (χ0) is 14.1. The van der Waals surface area contributed by atoms with Crippen LogP contribution < -0.4 is 11.3 Å². The van der Waals surface area contributed by atoms with Gasteiger partial charge < -0.3 is 14.9 Å². The Hall–Kier alpha value is -2.34. The molecular weight excluding hydrogens is 254 g/mol. The lowest BCUT2D eigenvalue weighted by atomic mass is 10.1. The second-order valence-corrected chi connectivity index (χ2v) is 4.96. The van der Waals surface area contributed by atoms with E-state index in [0.29, 0.717) is 24.3 Å². The summed E-state index contributed by atoms with van der Waals surface area (Å²) in [6.07, 6.45) is 3.71. The molecule has 0 spiro atoms. The van der Waals surface area contributed by atoms with Crippen LogP contribution in [0.4, 0.5) is 5.69 Å². The number of hydrogen-bond donors (Lipinski definition) is 2. The Bertz CT molecular complexity index is 649. The molecule has 2 aromatic rings. The Morgan fingerprint density at radius 2 is 2.25 bits per heavy atom. The fourth-order valence-corrected chi connectivity index (χ4v) is 2.48. The molecule has 0 fully saturated rings. The molecule has 3 N–H and O–H groups in total. The van der Waals surface area contributed by atoms with Gasteiger partial charge in [-0.05, 0) is 24.6 Å². The molecule has 0 atom stereocenters. The normalized spacial score (nSPS) is 14.0. The van der Waals surface area contributed by atoms with Crippen LogP contribution >= 0.6 is 0 Å². The van der Waals surface area contributed by atoms with Gasteiger partial charge in [-0.15, -0.1) is 0 Å². The molecule has 1 aromatic heterocycles. The van der Waals surface area contributed by atoms with Gasteiger partial charge in [0, 0.05) is 25.5 Å². The Morgan fingerprint density at radius 1 is 1.40 bits per heavy atom. The Morgan fingerprint density at radius 3 is 3.05 bits per heavy atom. The Balaban J connectivity index is 1.87. The van der Waals surface area contributed by atoms with Gasteiger partial charge >= 0.3 is 0 Å². The monoisotopic (exact) mass is 271 g/mol. The van der Waals surface area contributed by atoms with E-state index in [2.05, 4.69) is 15.0 Å². The highest BCUT2D eigenvalue weighted by atomic mass is 16.2. The summed E-state index contributed by atoms with van der Waals surface area (Å²) in [5.74, 6) is 6.40. The van der Waals surface area contributed by atoms with Crippen LogP contribution in [0, 0.1) is 6.92 Å². The molecule has 0 saturated carbocycles. The van der Waals surface area contributed by atoms with Crippen molar-refractivity contribution in [3.63, 3.8) is 0 Å². The van der Waals surface area contributed by atoms with Gasteiger partial charge in [-0.2, -0.15) is 0 Å². The summed E-state index contributed by atoms with van der Waals surface area (Å²) >= 11 is 0. The van der Waals surface area contributed by atoms with Crippen molar-refractivity contribution in [2.75, 3.05) is 12.0 Å². The average Bonchev–Trinajstić information content (AvgIpc) is 2.93. The first-order valence-corrected chi connectivity index (χ1v) is 6.55. The number of aromatic nitrogens is 2. The standard InChI is InChI=1S/C14H17N5O/c1-10-2-3-11(12(8-10)17-15)14(20)19-7-6-18-5-4-16-13(18)9-19/h2-5,8,17H,6-7,9,15H2,1H3. The molecule has 2 heterocycles. The van der Waals surface area contributed by atoms with Crippen molar-refractivity contribution in [3.05, 3.63) is 47.5 Å². The van der Waals surface area contributed by atoms with Crippen LogP contribution in [0.2, 0.25) is 0 Å². The van der Waals surface area contributed by atoms with Crippen LogP contribution in [-0.2, 0) is 13.1 Å². The molecule has 0 radical (unpaired) electrons. The maximum absolute atomic E-state index is 12.6. The van der Waals surface area contributed by atoms with Gasteiger partial charge in [0.2, 0.25) is 0 Å². The van der Waals surface area contributed by atoms with Crippen molar-refractivity contribution >= 4 is 11.6 Å². The van der Waals surface area contributed by atoms with Gasteiger partial charge in [-0.25, -0.2) is 4.98 Å². The second kappa shape index (κ2) is 4.97. The van der Waals surface area contributed by atoms with E-state index in [9.17, 15) is 4.79 Å². The lowest BCUT2D eigenvalue weighted by Gasteiger charge is -2.28. The molecule has 0 saturated heterocycles. The van der Waals surface area contributed by atoms with Crippen molar-refractivity contribution in [3.8, 4) is 0 Å². The minimum Gasteiger partial charge on any atom is -0.332 e. The van der Waals surface area contributed by atoms with Gasteiger partial charge in [0.05, 0.1) is 17.8 Å². The first-order chi connectivity index (χ1) is 9.69. The highest BCUT2D eigenvalue weighted by molar-refractivity contribution is 5.99. The van der Waals surface area contributed by atoms with Crippen LogP contribution in [0.25, 0.3) is 0 Å². The minimum atomic E-state index is -0.0211. The summed E-state index contributed by atoms with van der Waals surface area (Å²) < 4.78 is 2.07. The van der Waals surface area contributed by atoms with E-state index in [1.54, 1.807) is 11.1 Å². The number of fused-ring (bicyclic) bond motifs is 1. The third-order valence-corrected chi connectivity index (χ3v) is 3.59. The number of amides is 1. The van der Waals surface area contributed by atoms with Crippen molar-refractivity contribution in [1.29, 1.82) is 0 Å². The topological polar surface area (TPSA) is 76.2 Å². The highest BCUT2D eigenvalue weighted by Gasteiger charge is 2.23. The number of aryl methyl sites for hydroxylation is 1. The SMILES string of the molecule is Cc1ccc(C(=O)N2CCn3ccnc3C2)c(NN)c1. The summed E-state index contributed by atoms with van der Waals surface area (Å²) in [5, 5.41) is 0. The maximum Gasteiger partial charge on any atom is 0.256 e. The van der Waals surface area contributed by atoms with E-state index >= 15 is 0 Å². The summed E-state index contributed by atoms with van der Waals surface area (Å²) in [4.78, 5) is 18.7. The number of nitrogens with two attached hydrogens (primary N) is 1. The van der Waals surface area contributed by atoms with E-state index in [1.165, 1.54) is 0 Å². The predicted octanol–water partition coefficient (Wildman–Crippen LogP) is 1.13. The summed E-state index contributed by atoms with van der Waals surface area (Å²) in [5.41, 5.74) is 4.91. The summed E-state index contributed by atoms with van der Waals surface area (Å²) in [6.45, 7) is 3.95. The van der Waals surface area contributed by atoms with E-state index < -0.39 is 0 Å². The number of carbonyl (C=O) groups excluding carboxylic acids is 1. The largest absolute Gasteiger partial charge is 0.332 e. The smallest absolute Gasteiger partial charge is 0.256 e. The van der Waals surface area contributed by atoms with Crippen LogP contribution in [-0.4, -0.2) is 26.9 Å². The van der Waals surface area contributed by atoms with E-state index in [0.717, 1.165) is 17.9 Å². The molecular formula is C14H17N5O. The molecule has 0 aliphatic carbocycles. The Kier molecular flexibility index (Phi) is 3.15. The molecule has 0 bridgehead atoms. The lowest BCUT2D eigenvalue weighted by molar-refractivity contribution is 0.0708. The molecule has 6 nitrogen and oxygen atoms in total. The van der Waals surface area contributed by atoms with Gasteiger partial charge in [0.25, 0.3) is 5.91 Å². The van der Waals surface area contributed by atoms with Gasteiger partial charge in [-0.3, -0.25) is 10.6 Å².